The molecule has 4 nitrogen and oxygen atoms in total. The number of carboxylic acids is 1. The molecule has 170 valence electrons. The molecule has 2 aromatic rings. The molecule has 0 bridgehead atoms. The molecular weight excluding hydrogens is 426 g/mol. The largest absolute Gasteiger partial charge is 0.481 e. The van der Waals surface area contributed by atoms with E-state index in [4.69, 9.17) is 0 Å². The lowest BCUT2D eigenvalue weighted by Gasteiger charge is -2.26. The summed E-state index contributed by atoms with van der Waals surface area (Å²) in [5, 5.41) is 11.6. The van der Waals surface area contributed by atoms with Crippen LogP contribution in [0.2, 0.25) is 0 Å². The summed E-state index contributed by atoms with van der Waals surface area (Å²) in [5.74, 6) is -6.40. The topological polar surface area (TPSA) is 66.4 Å². The van der Waals surface area contributed by atoms with Crippen LogP contribution in [0.4, 0.5) is 23.2 Å². The number of aliphatic carboxylic acids is 1. The van der Waals surface area contributed by atoms with E-state index in [0.717, 1.165) is 13.0 Å². The summed E-state index contributed by atoms with van der Waals surface area (Å²) >= 11 is 0. The Kier molecular flexibility index (Phi) is 6.44. The van der Waals surface area contributed by atoms with Crippen molar-refractivity contribution < 1.29 is 32.3 Å². The molecule has 1 aliphatic carbocycles. The molecule has 0 aliphatic heterocycles. The summed E-state index contributed by atoms with van der Waals surface area (Å²) in [5.41, 5.74) is 0.114. The van der Waals surface area contributed by atoms with Crippen LogP contribution in [0.5, 0.6) is 0 Å². The molecule has 8 heteroatoms. The van der Waals surface area contributed by atoms with E-state index >= 15 is 0 Å². The number of carboxylic acid groups (broad SMARTS) is 1. The number of rotatable bonds is 8. The first-order valence-electron chi connectivity index (χ1n) is 10.1. The van der Waals surface area contributed by atoms with Crippen molar-refractivity contribution in [2.45, 2.75) is 38.3 Å². The lowest BCUT2D eigenvalue weighted by molar-refractivity contribution is -0.178. The number of carbonyl (C=O) groups excluding carboxylic acids is 1. The monoisotopic (exact) mass is 449 g/mol. The minimum atomic E-state index is -4.65. The quantitative estimate of drug-likeness (QED) is 0.501. The number of anilines is 1. The molecule has 0 radical (unpaired) electrons. The van der Waals surface area contributed by atoms with E-state index in [2.05, 4.69) is 11.9 Å². The van der Waals surface area contributed by atoms with Crippen LogP contribution < -0.4 is 5.32 Å². The smallest absolute Gasteiger partial charge is 0.392 e. The second kappa shape index (κ2) is 8.76. The molecule has 0 aromatic heterocycles. The first-order chi connectivity index (χ1) is 15.0. The van der Waals surface area contributed by atoms with Crippen LogP contribution in [-0.2, 0) is 16.0 Å². The van der Waals surface area contributed by atoms with E-state index in [1.165, 1.54) is 30.3 Å². The molecule has 1 aliphatic rings. The van der Waals surface area contributed by atoms with Crippen molar-refractivity contribution in [2.24, 2.45) is 11.3 Å². The summed E-state index contributed by atoms with van der Waals surface area (Å²) in [7, 11) is 0. The number of nitrogens with one attached hydrogen (secondary N) is 1. The molecular formula is C24H23F4NO3. The van der Waals surface area contributed by atoms with Crippen LogP contribution in [0, 0.1) is 17.2 Å². The predicted molar refractivity (Wildman–Crippen MR) is 113 cm³/mol. The number of halogens is 4. The van der Waals surface area contributed by atoms with E-state index < -0.39 is 41.1 Å². The van der Waals surface area contributed by atoms with Crippen LogP contribution in [0.25, 0.3) is 6.08 Å². The molecule has 0 unspecified atom stereocenters. The molecule has 32 heavy (non-hydrogen) atoms. The van der Waals surface area contributed by atoms with Gasteiger partial charge in [-0.1, -0.05) is 49.9 Å². The third-order valence-corrected chi connectivity index (χ3v) is 5.97. The highest BCUT2D eigenvalue weighted by atomic mass is 19.4. The van der Waals surface area contributed by atoms with Crippen LogP contribution in [0.15, 0.2) is 49.0 Å². The summed E-state index contributed by atoms with van der Waals surface area (Å²) < 4.78 is 54.9. The van der Waals surface area contributed by atoms with E-state index in [1.54, 1.807) is 12.1 Å². The minimum absolute atomic E-state index is 0.136. The normalized spacial score (nSPS) is 16.7. The highest BCUT2D eigenvalue weighted by Crippen LogP contribution is 2.49. The summed E-state index contributed by atoms with van der Waals surface area (Å²) in [6.45, 7) is 4.50. The van der Waals surface area contributed by atoms with Crippen LogP contribution in [0.3, 0.4) is 0 Å². The van der Waals surface area contributed by atoms with Crippen LogP contribution in [-0.4, -0.2) is 23.2 Å². The molecule has 3 rings (SSSR count). The van der Waals surface area contributed by atoms with Crippen molar-refractivity contribution in [2.75, 3.05) is 5.32 Å². The average Bonchev–Trinajstić information content (AvgIpc) is 3.51. The van der Waals surface area contributed by atoms with Crippen molar-refractivity contribution in [1.29, 1.82) is 0 Å². The van der Waals surface area contributed by atoms with E-state index in [9.17, 15) is 32.3 Å². The zero-order valence-corrected chi connectivity index (χ0v) is 17.4. The zero-order chi connectivity index (χ0) is 23.7. The van der Waals surface area contributed by atoms with E-state index in [0.29, 0.717) is 24.0 Å². The van der Waals surface area contributed by atoms with Gasteiger partial charge in [0.25, 0.3) is 0 Å². The summed E-state index contributed by atoms with van der Waals surface area (Å²) in [4.78, 5) is 24.4. The summed E-state index contributed by atoms with van der Waals surface area (Å²) in [6.07, 6.45) is -1.99. The van der Waals surface area contributed by atoms with Gasteiger partial charge in [-0.05, 0) is 48.1 Å². The SMILES string of the molecule is C=Cc1ccc([C@@H](C(=O)Nc2cc(CC3(C(=O)O)CC3)ccc2F)[C@@H](C)C(F)(F)F)cc1. The molecule has 1 amide bonds. The Morgan fingerprint density at radius 1 is 1.19 bits per heavy atom. The van der Waals surface area contributed by atoms with Gasteiger partial charge in [0.05, 0.1) is 22.9 Å². The van der Waals surface area contributed by atoms with Gasteiger partial charge in [0.1, 0.15) is 5.82 Å². The summed E-state index contributed by atoms with van der Waals surface area (Å²) in [6, 6.07) is 9.70. The Morgan fingerprint density at radius 2 is 1.81 bits per heavy atom. The Labute approximate surface area is 183 Å². The number of hydrogen-bond donors (Lipinski definition) is 2. The molecule has 0 heterocycles. The Hall–Kier alpha value is -3.16. The van der Waals surface area contributed by atoms with Crippen LogP contribution >= 0.6 is 0 Å². The van der Waals surface area contributed by atoms with Gasteiger partial charge in [0.15, 0.2) is 0 Å². The number of benzene rings is 2. The van der Waals surface area contributed by atoms with Gasteiger partial charge < -0.3 is 10.4 Å². The maximum absolute atomic E-state index is 14.4. The number of hydrogen-bond acceptors (Lipinski definition) is 2. The Balaban J connectivity index is 1.89. The third-order valence-electron chi connectivity index (χ3n) is 5.97. The van der Waals surface area contributed by atoms with Gasteiger partial charge in [-0.3, -0.25) is 9.59 Å². The van der Waals surface area contributed by atoms with Gasteiger partial charge in [0.2, 0.25) is 5.91 Å². The number of carbonyl (C=O) groups is 2. The molecule has 1 saturated carbocycles. The van der Waals surface area contributed by atoms with Crippen molar-refractivity contribution >= 4 is 23.6 Å². The van der Waals surface area contributed by atoms with E-state index in [1.807, 2.05) is 0 Å². The highest BCUT2D eigenvalue weighted by Gasteiger charge is 2.50. The van der Waals surface area contributed by atoms with Crippen molar-refractivity contribution in [3.05, 3.63) is 71.6 Å². The molecule has 2 aromatic carbocycles. The van der Waals surface area contributed by atoms with Crippen molar-refractivity contribution in [3.8, 4) is 0 Å². The average molecular weight is 449 g/mol. The fourth-order valence-corrected chi connectivity index (χ4v) is 3.69. The van der Waals surface area contributed by atoms with Gasteiger partial charge in [-0.15, -0.1) is 0 Å². The maximum atomic E-state index is 14.4. The molecule has 1 fully saturated rings. The molecule has 0 saturated heterocycles. The van der Waals surface area contributed by atoms with Gasteiger partial charge in [-0.2, -0.15) is 13.2 Å². The van der Waals surface area contributed by atoms with Gasteiger partial charge in [0, 0.05) is 0 Å². The molecule has 0 spiro atoms. The van der Waals surface area contributed by atoms with Gasteiger partial charge >= 0.3 is 12.1 Å². The predicted octanol–water partition coefficient (Wildman–Crippen LogP) is 5.80. The lowest BCUT2D eigenvalue weighted by atomic mass is 9.85. The fourth-order valence-electron chi connectivity index (χ4n) is 3.69. The Morgan fingerprint density at radius 3 is 2.31 bits per heavy atom. The number of amides is 1. The van der Waals surface area contributed by atoms with Crippen molar-refractivity contribution in [1.82, 2.24) is 0 Å². The van der Waals surface area contributed by atoms with E-state index in [-0.39, 0.29) is 17.7 Å². The third kappa shape index (κ3) is 5.00. The highest BCUT2D eigenvalue weighted by molar-refractivity contribution is 5.96. The lowest BCUT2D eigenvalue weighted by Crippen LogP contribution is -2.34. The van der Waals surface area contributed by atoms with Crippen LogP contribution in [0.1, 0.15) is 42.4 Å². The van der Waals surface area contributed by atoms with Crippen molar-refractivity contribution in [3.63, 3.8) is 0 Å². The zero-order valence-electron chi connectivity index (χ0n) is 17.4. The second-order valence-electron chi connectivity index (χ2n) is 8.24. The second-order valence-corrected chi connectivity index (χ2v) is 8.24. The first kappa shape index (κ1) is 23.5. The Bertz CT molecular complexity index is 1030. The van der Waals surface area contributed by atoms with Gasteiger partial charge in [-0.25, -0.2) is 4.39 Å². The fraction of sp³-hybridized carbons (Fsp3) is 0.333. The molecule has 2 N–H and O–H groups in total. The first-order valence-corrected chi connectivity index (χ1v) is 10.1. The number of alkyl halides is 3. The maximum Gasteiger partial charge on any atom is 0.392 e. The minimum Gasteiger partial charge on any atom is -0.481 e. The standard InChI is InChI=1S/C24H23F4NO3/c1-3-15-4-7-17(8-5-15)20(14(2)24(26,27)28)21(30)29-19-12-16(6-9-18(19)25)13-23(10-11-23)22(31)32/h3-9,12,14,20H,1,10-11,13H2,2H3,(H,29,30)(H,31,32)/t14-,20+/m1/s1. The molecule has 2 atom stereocenters.